The maximum atomic E-state index is 13.2. The van der Waals surface area contributed by atoms with Gasteiger partial charge in [-0.25, -0.2) is 12.8 Å². The number of halogens is 1. The molecule has 0 amide bonds. The minimum Gasteiger partial charge on any atom is -0.389 e. The van der Waals surface area contributed by atoms with Crippen molar-refractivity contribution in [2.45, 2.75) is 17.9 Å². The molecule has 1 N–H and O–H groups in total. The number of benzene rings is 1. The molecule has 5 heteroatoms. The van der Waals surface area contributed by atoms with E-state index in [4.69, 9.17) is 5.11 Å². The first-order chi connectivity index (χ1) is 6.32. The van der Waals surface area contributed by atoms with Crippen molar-refractivity contribution in [1.29, 1.82) is 0 Å². The molecule has 0 aliphatic heterocycles. The minimum absolute atomic E-state index is 0.345. The number of hydrogen-bond donors (Lipinski definition) is 1. The van der Waals surface area contributed by atoms with Crippen LogP contribution in [0.15, 0.2) is 23.1 Å². The van der Waals surface area contributed by atoms with Crippen LogP contribution in [0.25, 0.3) is 0 Å². The van der Waals surface area contributed by atoms with Crippen LogP contribution in [0, 0.1) is 5.82 Å². The zero-order chi connectivity index (χ0) is 10.9. The molecule has 3 nitrogen and oxygen atoms in total. The van der Waals surface area contributed by atoms with Crippen molar-refractivity contribution in [3.63, 3.8) is 0 Å². The van der Waals surface area contributed by atoms with Crippen molar-refractivity contribution in [3.8, 4) is 0 Å². The van der Waals surface area contributed by atoms with Crippen molar-refractivity contribution < 1.29 is 17.9 Å². The molecular weight excluding hydrogens is 207 g/mol. The lowest BCUT2D eigenvalue weighted by atomic mass is 10.1. The molecule has 0 aliphatic rings. The Hall–Kier alpha value is -0.940. The topological polar surface area (TPSA) is 54.4 Å². The molecular formula is C9H11FO3S. The zero-order valence-electron chi connectivity index (χ0n) is 7.86. The Kier molecular flexibility index (Phi) is 2.92. The second-order valence-electron chi connectivity index (χ2n) is 3.14. The predicted molar refractivity (Wildman–Crippen MR) is 50.1 cm³/mol. The zero-order valence-corrected chi connectivity index (χ0v) is 8.68. The van der Waals surface area contributed by atoms with Gasteiger partial charge in [0, 0.05) is 6.26 Å². The van der Waals surface area contributed by atoms with Gasteiger partial charge in [0.15, 0.2) is 9.84 Å². The van der Waals surface area contributed by atoms with Gasteiger partial charge < -0.3 is 5.11 Å². The molecule has 1 aromatic carbocycles. The van der Waals surface area contributed by atoms with Gasteiger partial charge in [0.05, 0.1) is 6.10 Å². The summed E-state index contributed by atoms with van der Waals surface area (Å²) >= 11 is 0. The Labute approximate surface area is 82.1 Å². The van der Waals surface area contributed by atoms with Crippen LogP contribution in [-0.2, 0) is 9.84 Å². The molecule has 0 saturated carbocycles. The summed E-state index contributed by atoms with van der Waals surface area (Å²) in [5, 5.41) is 9.13. The summed E-state index contributed by atoms with van der Waals surface area (Å²) in [6.45, 7) is 1.48. The van der Waals surface area contributed by atoms with Gasteiger partial charge in [-0.1, -0.05) is 6.07 Å². The molecule has 0 bridgehead atoms. The maximum absolute atomic E-state index is 13.2. The number of hydrogen-bond acceptors (Lipinski definition) is 3. The molecule has 0 spiro atoms. The standard InChI is InChI=1S/C9H11FO3S/c1-6(11)7-3-4-9(8(10)5-7)14(2,12)13/h3-6,11H,1-2H3. The van der Waals surface area contributed by atoms with E-state index >= 15 is 0 Å². The highest BCUT2D eigenvalue weighted by molar-refractivity contribution is 7.90. The monoisotopic (exact) mass is 218 g/mol. The van der Waals surface area contributed by atoms with Crippen LogP contribution in [0.1, 0.15) is 18.6 Å². The van der Waals surface area contributed by atoms with Crippen LogP contribution < -0.4 is 0 Å². The van der Waals surface area contributed by atoms with Crippen molar-refractivity contribution in [1.82, 2.24) is 0 Å². The van der Waals surface area contributed by atoms with E-state index in [2.05, 4.69) is 0 Å². The van der Waals surface area contributed by atoms with Gasteiger partial charge in [0.1, 0.15) is 10.7 Å². The summed E-state index contributed by atoms with van der Waals surface area (Å²) in [5.74, 6) is -0.828. The molecule has 0 aliphatic carbocycles. The van der Waals surface area contributed by atoms with E-state index in [9.17, 15) is 12.8 Å². The molecule has 0 fully saturated rings. The van der Waals surface area contributed by atoms with Gasteiger partial charge in [-0.2, -0.15) is 0 Å². The number of aliphatic hydroxyl groups is 1. The average Bonchev–Trinajstić information content (AvgIpc) is 2.01. The normalized spacial score (nSPS) is 14.0. The van der Waals surface area contributed by atoms with Crippen molar-refractivity contribution in [3.05, 3.63) is 29.6 Å². The lowest BCUT2D eigenvalue weighted by Gasteiger charge is -2.06. The summed E-state index contributed by atoms with van der Waals surface area (Å²) < 4.78 is 35.3. The Morgan fingerprint density at radius 2 is 2.00 bits per heavy atom. The third-order valence-corrected chi connectivity index (χ3v) is 2.97. The Morgan fingerprint density at radius 3 is 2.36 bits per heavy atom. The molecule has 78 valence electrons. The fourth-order valence-corrected chi connectivity index (χ4v) is 1.81. The molecule has 0 saturated heterocycles. The van der Waals surface area contributed by atoms with Crippen LogP contribution >= 0.6 is 0 Å². The van der Waals surface area contributed by atoms with Crippen LogP contribution in [-0.4, -0.2) is 19.8 Å². The van der Waals surface area contributed by atoms with Gasteiger partial charge in [0.25, 0.3) is 0 Å². The fraction of sp³-hybridized carbons (Fsp3) is 0.333. The summed E-state index contributed by atoms with van der Waals surface area (Å²) in [6, 6.07) is 3.58. The molecule has 1 rings (SSSR count). The van der Waals surface area contributed by atoms with E-state index in [0.717, 1.165) is 18.4 Å². The van der Waals surface area contributed by atoms with Crippen molar-refractivity contribution in [2.75, 3.05) is 6.26 Å². The Bertz CT molecular complexity index is 437. The summed E-state index contributed by atoms with van der Waals surface area (Å²) in [5.41, 5.74) is 0.356. The molecule has 0 heterocycles. The Balaban J connectivity index is 3.28. The molecule has 0 radical (unpaired) electrons. The average molecular weight is 218 g/mol. The smallest absolute Gasteiger partial charge is 0.178 e. The van der Waals surface area contributed by atoms with Crippen LogP contribution in [0.5, 0.6) is 0 Å². The van der Waals surface area contributed by atoms with Crippen molar-refractivity contribution >= 4 is 9.84 Å². The van der Waals surface area contributed by atoms with E-state index in [-0.39, 0.29) is 4.90 Å². The van der Waals surface area contributed by atoms with E-state index in [1.54, 1.807) is 0 Å². The highest BCUT2D eigenvalue weighted by Crippen LogP contribution is 2.19. The summed E-state index contributed by atoms with van der Waals surface area (Å²) in [7, 11) is -3.53. The molecule has 1 aromatic rings. The van der Waals surface area contributed by atoms with Gasteiger partial charge in [0.2, 0.25) is 0 Å². The maximum Gasteiger partial charge on any atom is 0.178 e. The van der Waals surface area contributed by atoms with E-state index in [1.165, 1.54) is 13.0 Å². The quantitative estimate of drug-likeness (QED) is 0.813. The summed E-state index contributed by atoms with van der Waals surface area (Å²) in [6.07, 6.45) is 0.131. The van der Waals surface area contributed by atoms with Gasteiger partial charge in [-0.3, -0.25) is 0 Å². The van der Waals surface area contributed by atoms with Crippen LogP contribution in [0.2, 0.25) is 0 Å². The van der Waals surface area contributed by atoms with Gasteiger partial charge in [-0.15, -0.1) is 0 Å². The molecule has 14 heavy (non-hydrogen) atoms. The summed E-state index contributed by atoms with van der Waals surface area (Å²) in [4.78, 5) is -0.345. The first-order valence-electron chi connectivity index (χ1n) is 4.00. The minimum atomic E-state index is -3.53. The third-order valence-electron chi connectivity index (χ3n) is 1.84. The van der Waals surface area contributed by atoms with Crippen LogP contribution in [0.3, 0.4) is 0 Å². The van der Waals surface area contributed by atoms with E-state index in [1.807, 2.05) is 0 Å². The third kappa shape index (κ3) is 2.30. The first kappa shape index (κ1) is 11.1. The largest absolute Gasteiger partial charge is 0.389 e. The number of aliphatic hydroxyl groups excluding tert-OH is 1. The molecule has 1 atom stereocenters. The second-order valence-corrected chi connectivity index (χ2v) is 5.12. The number of rotatable bonds is 2. The molecule has 1 unspecified atom stereocenters. The van der Waals surface area contributed by atoms with Crippen molar-refractivity contribution in [2.24, 2.45) is 0 Å². The SMILES string of the molecule is CC(O)c1ccc(S(C)(=O)=O)c(F)c1. The van der Waals surface area contributed by atoms with Crippen LogP contribution in [0.4, 0.5) is 4.39 Å². The number of sulfone groups is 1. The highest BCUT2D eigenvalue weighted by atomic mass is 32.2. The van der Waals surface area contributed by atoms with Gasteiger partial charge >= 0.3 is 0 Å². The van der Waals surface area contributed by atoms with Gasteiger partial charge in [-0.05, 0) is 24.6 Å². The predicted octanol–water partition coefficient (Wildman–Crippen LogP) is 1.28. The lowest BCUT2D eigenvalue weighted by Crippen LogP contribution is -2.02. The highest BCUT2D eigenvalue weighted by Gasteiger charge is 2.14. The Morgan fingerprint density at radius 1 is 1.43 bits per heavy atom. The van der Waals surface area contributed by atoms with E-state index in [0.29, 0.717) is 5.56 Å². The fourth-order valence-electron chi connectivity index (χ4n) is 1.08. The first-order valence-corrected chi connectivity index (χ1v) is 5.89. The lowest BCUT2D eigenvalue weighted by molar-refractivity contribution is 0.198. The second kappa shape index (κ2) is 3.67. The van der Waals surface area contributed by atoms with E-state index < -0.39 is 21.8 Å². The molecule has 0 aromatic heterocycles.